The van der Waals surface area contributed by atoms with Gasteiger partial charge in [-0.15, -0.1) is 0 Å². The quantitative estimate of drug-likeness (QED) is 0.560. The van der Waals surface area contributed by atoms with Crippen molar-refractivity contribution >= 4 is 27.2 Å². The lowest BCUT2D eigenvalue weighted by Crippen LogP contribution is -2.43. The number of fused-ring (bicyclic) bond motifs is 2. The van der Waals surface area contributed by atoms with Crippen LogP contribution in [0.25, 0.3) is 32.8 Å². The van der Waals surface area contributed by atoms with Crippen molar-refractivity contribution in [2.24, 2.45) is 0 Å². The summed E-state index contributed by atoms with van der Waals surface area (Å²) in [5.41, 5.74) is 1.69. The molecule has 3 heterocycles. The standard InChI is InChI=1S/C22H19FN4O/c23-21-19-11-25-13-20(27-7-5-24-6-8-27)18(19)12-26-22(21)17-10-15(28)9-14-3-1-2-4-16(14)17/h1-4,9-13,24,28H,5-8H2. The molecule has 2 aromatic heterocycles. The van der Waals surface area contributed by atoms with Crippen molar-refractivity contribution in [2.45, 2.75) is 0 Å². The van der Waals surface area contributed by atoms with Gasteiger partial charge in [-0.2, -0.15) is 0 Å². The zero-order chi connectivity index (χ0) is 19.1. The minimum Gasteiger partial charge on any atom is -0.508 e. The molecule has 0 radical (unpaired) electrons. The van der Waals surface area contributed by atoms with E-state index in [4.69, 9.17) is 0 Å². The molecule has 1 aliphatic rings. The van der Waals surface area contributed by atoms with Crippen molar-refractivity contribution in [3.05, 3.63) is 60.8 Å². The number of anilines is 1. The van der Waals surface area contributed by atoms with E-state index in [1.807, 2.05) is 24.3 Å². The van der Waals surface area contributed by atoms with Gasteiger partial charge in [-0.3, -0.25) is 9.97 Å². The van der Waals surface area contributed by atoms with Gasteiger partial charge in [-0.05, 0) is 22.9 Å². The van der Waals surface area contributed by atoms with Crippen LogP contribution in [0, 0.1) is 5.82 Å². The van der Waals surface area contributed by atoms with E-state index in [0.717, 1.165) is 48.0 Å². The normalized spacial score (nSPS) is 14.7. The van der Waals surface area contributed by atoms with Crippen molar-refractivity contribution in [3.63, 3.8) is 0 Å². The molecule has 6 heteroatoms. The topological polar surface area (TPSA) is 61.3 Å². The lowest BCUT2D eigenvalue weighted by atomic mass is 9.99. The third-order valence-electron chi connectivity index (χ3n) is 5.29. The number of benzene rings is 2. The molecule has 0 saturated carbocycles. The van der Waals surface area contributed by atoms with E-state index in [1.54, 1.807) is 30.7 Å². The molecule has 4 aromatic rings. The fourth-order valence-corrected chi connectivity index (χ4v) is 3.92. The molecule has 0 amide bonds. The van der Waals surface area contributed by atoms with Crippen molar-refractivity contribution in [2.75, 3.05) is 31.1 Å². The largest absolute Gasteiger partial charge is 0.508 e. The SMILES string of the molecule is Oc1cc(-c2ncc3c(N4CCNCC4)cncc3c2F)c2ccccc2c1. The van der Waals surface area contributed by atoms with Gasteiger partial charge in [0.2, 0.25) is 0 Å². The summed E-state index contributed by atoms with van der Waals surface area (Å²) >= 11 is 0. The molecule has 1 fully saturated rings. The molecule has 0 spiro atoms. The van der Waals surface area contributed by atoms with Crippen molar-refractivity contribution in [1.29, 1.82) is 0 Å². The number of halogens is 1. The summed E-state index contributed by atoms with van der Waals surface area (Å²) in [5.74, 6) is -0.333. The molecule has 28 heavy (non-hydrogen) atoms. The second-order valence-electron chi connectivity index (χ2n) is 6.99. The number of nitrogens with one attached hydrogen (secondary N) is 1. The summed E-state index contributed by atoms with van der Waals surface area (Å²) in [4.78, 5) is 11.0. The molecule has 1 aliphatic heterocycles. The van der Waals surface area contributed by atoms with Crippen LogP contribution in [0.4, 0.5) is 10.1 Å². The minimum atomic E-state index is -0.419. The van der Waals surface area contributed by atoms with Gasteiger partial charge in [0.15, 0.2) is 5.82 Å². The van der Waals surface area contributed by atoms with Gasteiger partial charge in [-0.1, -0.05) is 24.3 Å². The third kappa shape index (κ3) is 2.73. The lowest BCUT2D eigenvalue weighted by molar-refractivity contribution is 0.476. The van der Waals surface area contributed by atoms with E-state index in [2.05, 4.69) is 20.2 Å². The summed E-state index contributed by atoms with van der Waals surface area (Å²) in [6, 6.07) is 10.8. The first-order valence-electron chi connectivity index (χ1n) is 9.32. The fourth-order valence-electron chi connectivity index (χ4n) is 3.92. The number of phenolic OH excluding ortho intramolecular Hbond substituents is 1. The van der Waals surface area contributed by atoms with Crippen LogP contribution in [0.3, 0.4) is 0 Å². The minimum absolute atomic E-state index is 0.0858. The van der Waals surface area contributed by atoms with Crippen LogP contribution >= 0.6 is 0 Å². The number of pyridine rings is 2. The number of hydrogen-bond donors (Lipinski definition) is 2. The average molecular weight is 374 g/mol. The van der Waals surface area contributed by atoms with E-state index in [9.17, 15) is 5.11 Å². The Morgan fingerprint density at radius 2 is 1.79 bits per heavy atom. The van der Waals surface area contributed by atoms with Gasteiger partial charge < -0.3 is 15.3 Å². The molecule has 5 rings (SSSR count). The predicted molar refractivity (Wildman–Crippen MR) is 109 cm³/mol. The third-order valence-corrected chi connectivity index (χ3v) is 5.29. The van der Waals surface area contributed by atoms with Gasteiger partial charge in [0.1, 0.15) is 11.4 Å². The highest BCUT2D eigenvalue weighted by molar-refractivity contribution is 6.00. The Bertz CT molecular complexity index is 1190. The van der Waals surface area contributed by atoms with E-state index >= 15 is 4.39 Å². The van der Waals surface area contributed by atoms with Crippen LogP contribution in [0.1, 0.15) is 0 Å². The second kappa shape index (κ2) is 6.73. The highest BCUT2D eigenvalue weighted by Gasteiger charge is 2.19. The van der Waals surface area contributed by atoms with Crippen LogP contribution in [0.5, 0.6) is 5.75 Å². The molecule has 0 bridgehead atoms. The lowest BCUT2D eigenvalue weighted by Gasteiger charge is -2.30. The van der Waals surface area contributed by atoms with Crippen molar-refractivity contribution in [1.82, 2.24) is 15.3 Å². The number of aromatic hydroxyl groups is 1. The number of rotatable bonds is 2. The average Bonchev–Trinajstić information content (AvgIpc) is 2.74. The number of phenols is 1. The first-order valence-corrected chi connectivity index (χ1v) is 9.32. The zero-order valence-electron chi connectivity index (χ0n) is 15.2. The molecule has 140 valence electrons. The number of hydrogen-bond acceptors (Lipinski definition) is 5. The van der Waals surface area contributed by atoms with E-state index in [1.165, 1.54) is 0 Å². The number of aromatic nitrogens is 2. The Balaban J connectivity index is 1.72. The first kappa shape index (κ1) is 16.9. The zero-order valence-corrected chi connectivity index (χ0v) is 15.2. The molecule has 0 unspecified atom stereocenters. The maximum Gasteiger partial charge on any atom is 0.158 e. The van der Waals surface area contributed by atoms with Crippen LogP contribution in [-0.4, -0.2) is 41.3 Å². The van der Waals surface area contributed by atoms with Crippen molar-refractivity contribution < 1.29 is 9.50 Å². The molecule has 2 aromatic carbocycles. The molecule has 2 N–H and O–H groups in total. The fraction of sp³-hybridized carbons (Fsp3) is 0.182. The summed E-state index contributed by atoms with van der Waals surface area (Å²) in [5, 5.41) is 16.3. The summed E-state index contributed by atoms with van der Waals surface area (Å²) < 4.78 is 15.5. The van der Waals surface area contributed by atoms with Crippen molar-refractivity contribution in [3.8, 4) is 17.0 Å². The van der Waals surface area contributed by atoms with Gasteiger partial charge >= 0.3 is 0 Å². The summed E-state index contributed by atoms with van der Waals surface area (Å²) in [6.45, 7) is 3.47. The second-order valence-corrected chi connectivity index (χ2v) is 6.99. The van der Waals surface area contributed by atoms with Gasteiger partial charge in [0.25, 0.3) is 0 Å². The van der Waals surface area contributed by atoms with Crippen LogP contribution < -0.4 is 10.2 Å². The first-order chi connectivity index (χ1) is 13.7. The summed E-state index contributed by atoms with van der Waals surface area (Å²) in [6.07, 6.45) is 5.04. The maximum atomic E-state index is 15.5. The Labute approximate surface area is 161 Å². The van der Waals surface area contributed by atoms with Gasteiger partial charge in [0.05, 0.1) is 11.9 Å². The number of piperazine rings is 1. The summed E-state index contributed by atoms with van der Waals surface area (Å²) in [7, 11) is 0. The Morgan fingerprint density at radius 3 is 2.64 bits per heavy atom. The highest BCUT2D eigenvalue weighted by Crippen LogP contribution is 2.36. The molecule has 0 aliphatic carbocycles. The molecule has 0 atom stereocenters. The molecule has 1 saturated heterocycles. The monoisotopic (exact) mass is 374 g/mol. The molecule has 5 nitrogen and oxygen atoms in total. The Hall–Kier alpha value is -3.25. The van der Waals surface area contributed by atoms with Gasteiger partial charge in [-0.25, -0.2) is 4.39 Å². The van der Waals surface area contributed by atoms with E-state index in [0.29, 0.717) is 10.9 Å². The van der Waals surface area contributed by atoms with Gasteiger partial charge in [0, 0.05) is 54.9 Å². The number of nitrogens with zero attached hydrogens (tertiary/aromatic N) is 3. The molecular weight excluding hydrogens is 355 g/mol. The van der Waals surface area contributed by atoms with E-state index in [-0.39, 0.29) is 11.4 Å². The smallest absolute Gasteiger partial charge is 0.158 e. The predicted octanol–water partition coefficient (Wildman–Crippen LogP) is 3.70. The van der Waals surface area contributed by atoms with Crippen LogP contribution in [0.2, 0.25) is 0 Å². The van der Waals surface area contributed by atoms with Crippen LogP contribution in [0.15, 0.2) is 55.0 Å². The highest BCUT2D eigenvalue weighted by atomic mass is 19.1. The maximum absolute atomic E-state index is 15.5. The molecular formula is C22H19FN4O. The Kier molecular flexibility index (Phi) is 4.06. The van der Waals surface area contributed by atoms with Crippen LogP contribution in [-0.2, 0) is 0 Å². The Morgan fingerprint density at radius 1 is 0.964 bits per heavy atom. The van der Waals surface area contributed by atoms with E-state index < -0.39 is 5.82 Å².